The van der Waals surface area contributed by atoms with E-state index in [1.807, 2.05) is 0 Å². The molecule has 102 valence electrons. The minimum Gasteiger partial charge on any atom is -0.284 e. The van der Waals surface area contributed by atoms with Crippen molar-refractivity contribution in [3.63, 3.8) is 0 Å². The van der Waals surface area contributed by atoms with E-state index in [1.54, 1.807) is 0 Å². The Labute approximate surface area is 120 Å². The summed E-state index contributed by atoms with van der Waals surface area (Å²) in [5.74, 6) is 0. The molecule has 1 aliphatic heterocycles. The maximum Gasteiger partial charge on any atom is 0.179 e. The quantitative estimate of drug-likeness (QED) is 0.435. The summed E-state index contributed by atoms with van der Waals surface area (Å²) in [5, 5.41) is 2.53. The molecule has 0 aromatic carbocycles. The summed E-state index contributed by atoms with van der Waals surface area (Å²) < 4.78 is 0. The number of nitrogens with one attached hydrogen (secondary N) is 1. The van der Waals surface area contributed by atoms with Crippen LogP contribution in [-0.2, 0) is 0 Å². The van der Waals surface area contributed by atoms with Crippen LogP contribution in [0.3, 0.4) is 0 Å². The van der Waals surface area contributed by atoms with Crippen LogP contribution >= 0.6 is 34.8 Å². The van der Waals surface area contributed by atoms with Crippen molar-refractivity contribution in [3.8, 4) is 0 Å². The lowest BCUT2D eigenvalue weighted by atomic mass is 10.1. The van der Waals surface area contributed by atoms with Gasteiger partial charge in [0, 0.05) is 13.1 Å². The molecule has 0 bridgehead atoms. The summed E-state index contributed by atoms with van der Waals surface area (Å²) in [6.45, 7) is 4.99. The minimum absolute atomic E-state index is 0.621. The Morgan fingerprint density at radius 1 is 1.18 bits per heavy atom. The second-order valence-electron chi connectivity index (χ2n) is 4.66. The molecular formula is C12H23Cl3N2. The van der Waals surface area contributed by atoms with Gasteiger partial charge in [0.05, 0.1) is 0 Å². The summed E-state index contributed by atoms with van der Waals surface area (Å²) in [6, 6.07) is 0. The van der Waals surface area contributed by atoms with E-state index in [4.69, 9.17) is 34.8 Å². The molecule has 1 fully saturated rings. The highest BCUT2D eigenvalue weighted by molar-refractivity contribution is 6.49. The van der Waals surface area contributed by atoms with Gasteiger partial charge < -0.3 is 0 Å². The first-order chi connectivity index (χ1) is 8.11. The molecule has 1 unspecified atom stereocenters. The minimum atomic E-state index is -0.794. The average molecular weight is 302 g/mol. The Morgan fingerprint density at radius 3 is 2.35 bits per heavy atom. The molecule has 1 heterocycles. The van der Waals surface area contributed by atoms with Gasteiger partial charge in [0.1, 0.15) is 0 Å². The third kappa shape index (κ3) is 4.76. The zero-order valence-corrected chi connectivity index (χ0v) is 12.8. The second kappa shape index (κ2) is 8.06. The Bertz CT molecular complexity index is 208. The van der Waals surface area contributed by atoms with Crippen molar-refractivity contribution in [2.75, 3.05) is 19.6 Å². The molecule has 0 aromatic rings. The Hall–Kier alpha value is 0.790. The molecule has 0 spiro atoms. The largest absolute Gasteiger partial charge is 0.284 e. The van der Waals surface area contributed by atoms with Crippen LogP contribution in [0.1, 0.15) is 45.4 Å². The van der Waals surface area contributed by atoms with Crippen molar-refractivity contribution < 1.29 is 0 Å². The monoisotopic (exact) mass is 300 g/mol. The molecule has 0 radical (unpaired) electrons. The first kappa shape index (κ1) is 15.8. The van der Waals surface area contributed by atoms with Crippen molar-refractivity contribution in [2.45, 2.75) is 55.4 Å². The van der Waals surface area contributed by atoms with Crippen LogP contribution < -0.4 is 5.32 Å². The van der Waals surface area contributed by atoms with Crippen LogP contribution in [0, 0.1) is 0 Å². The van der Waals surface area contributed by atoms with E-state index < -0.39 is 9.96 Å². The molecule has 1 aliphatic rings. The van der Waals surface area contributed by atoms with Crippen molar-refractivity contribution in [3.05, 3.63) is 0 Å². The van der Waals surface area contributed by atoms with E-state index in [0.717, 1.165) is 26.1 Å². The highest BCUT2D eigenvalue weighted by Crippen LogP contribution is 2.31. The molecule has 17 heavy (non-hydrogen) atoms. The Kier molecular flexibility index (Phi) is 7.51. The number of alkyl halides is 3. The van der Waals surface area contributed by atoms with Gasteiger partial charge in [0.25, 0.3) is 0 Å². The summed E-state index contributed by atoms with van der Waals surface area (Å²) in [4.78, 5) is 1.55. The molecule has 1 rings (SSSR count). The van der Waals surface area contributed by atoms with E-state index in [9.17, 15) is 0 Å². The van der Waals surface area contributed by atoms with Crippen LogP contribution in [0.5, 0.6) is 0 Å². The highest BCUT2D eigenvalue weighted by atomic mass is 35.5. The molecule has 0 aliphatic carbocycles. The SMILES string of the molecule is CCCCCNC(Cl)(C(Cl)Cl)N1CCCCC1. The van der Waals surface area contributed by atoms with E-state index in [-0.39, 0.29) is 0 Å². The van der Waals surface area contributed by atoms with Gasteiger partial charge >= 0.3 is 0 Å². The van der Waals surface area contributed by atoms with Gasteiger partial charge in [-0.3, -0.25) is 10.2 Å². The number of likely N-dealkylation sites (tertiary alicyclic amines) is 1. The summed E-state index contributed by atoms with van der Waals surface area (Å²) in [5.41, 5.74) is 0. The van der Waals surface area contributed by atoms with Crippen LogP contribution in [0.4, 0.5) is 0 Å². The molecule has 0 saturated carbocycles. The smallest absolute Gasteiger partial charge is 0.179 e. The molecule has 5 heteroatoms. The fourth-order valence-electron chi connectivity index (χ4n) is 2.18. The number of nitrogens with zero attached hydrogens (tertiary/aromatic N) is 1. The molecule has 2 nitrogen and oxygen atoms in total. The number of hydrogen-bond acceptors (Lipinski definition) is 2. The number of piperidine rings is 1. The number of rotatable bonds is 7. The maximum atomic E-state index is 6.58. The molecule has 1 saturated heterocycles. The van der Waals surface area contributed by atoms with Gasteiger partial charge in [-0.25, -0.2) is 0 Å². The summed E-state index contributed by atoms with van der Waals surface area (Å²) >= 11 is 18.7. The van der Waals surface area contributed by atoms with Gasteiger partial charge in [0.2, 0.25) is 0 Å². The summed E-state index contributed by atoms with van der Waals surface area (Å²) in [6.07, 6.45) is 7.13. The van der Waals surface area contributed by atoms with Crippen LogP contribution in [0.15, 0.2) is 0 Å². The fraction of sp³-hybridized carbons (Fsp3) is 1.00. The number of hydrogen-bond donors (Lipinski definition) is 1. The Balaban J connectivity index is 2.48. The van der Waals surface area contributed by atoms with E-state index in [1.165, 1.54) is 32.1 Å². The zero-order valence-electron chi connectivity index (χ0n) is 10.5. The third-order valence-electron chi connectivity index (χ3n) is 3.26. The highest BCUT2D eigenvalue weighted by Gasteiger charge is 2.40. The number of halogens is 3. The van der Waals surface area contributed by atoms with Gasteiger partial charge in [-0.05, 0) is 25.8 Å². The van der Waals surface area contributed by atoms with Gasteiger partial charge in [-0.1, -0.05) is 37.8 Å². The van der Waals surface area contributed by atoms with Crippen LogP contribution in [-0.4, -0.2) is 34.5 Å². The van der Waals surface area contributed by atoms with Gasteiger partial charge in [0.15, 0.2) is 9.96 Å². The Morgan fingerprint density at radius 2 is 1.82 bits per heavy atom. The third-order valence-corrected chi connectivity index (χ3v) is 4.70. The topological polar surface area (TPSA) is 15.3 Å². The predicted octanol–water partition coefficient (Wildman–Crippen LogP) is 3.95. The fourth-order valence-corrected chi connectivity index (χ4v) is 2.88. The van der Waals surface area contributed by atoms with Crippen LogP contribution in [0.25, 0.3) is 0 Å². The molecule has 1 atom stereocenters. The predicted molar refractivity (Wildman–Crippen MR) is 77.0 cm³/mol. The zero-order chi connectivity index (χ0) is 12.7. The van der Waals surface area contributed by atoms with Gasteiger partial charge in [-0.15, -0.1) is 23.2 Å². The lowest BCUT2D eigenvalue weighted by molar-refractivity contribution is 0.113. The normalized spacial score (nSPS) is 21.7. The van der Waals surface area contributed by atoms with Crippen molar-refractivity contribution >= 4 is 34.8 Å². The number of unbranched alkanes of at least 4 members (excludes halogenated alkanes) is 2. The first-order valence-corrected chi connectivity index (χ1v) is 7.83. The van der Waals surface area contributed by atoms with Crippen molar-refractivity contribution in [2.24, 2.45) is 0 Å². The van der Waals surface area contributed by atoms with E-state index in [2.05, 4.69) is 17.1 Å². The molecular weight excluding hydrogens is 279 g/mol. The average Bonchev–Trinajstić information content (AvgIpc) is 2.35. The second-order valence-corrected chi connectivity index (χ2v) is 6.33. The van der Waals surface area contributed by atoms with E-state index in [0.29, 0.717) is 0 Å². The van der Waals surface area contributed by atoms with Crippen LogP contribution in [0.2, 0.25) is 0 Å². The standard InChI is InChI=1S/C12H23Cl3N2/c1-2-3-5-8-16-12(15,11(13)14)17-9-6-4-7-10-17/h11,16H,2-10H2,1H3. The maximum absolute atomic E-state index is 6.58. The molecule has 0 amide bonds. The van der Waals surface area contributed by atoms with Crippen molar-refractivity contribution in [1.29, 1.82) is 0 Å². The lowest BCUT2D eigenvalue weighted by Crippen LogP contribution is -2.60. The molecule has 1 N–H and O–H groups in total. The van der Waals surface area contributed by atoms with Gasteiger partial charge in [-0.2, -0.15) is 0 Å². The summed E-state index contributed by atoms with van der Waals surface area (Å²) in [7, 11) is 0. The first-order valence-electron chi connectivity index (χ1n) is 6.58. The molecule has 0 aromatic heterocycles. The van der Waals surface area contributed by atoms with Crippen molar-refractivity contribution in [1.82, 2.24) is 10.2 Å². The van der Waals surface area contributed by atoms with E-state index >= 15 is 0 Å². The lowest BCUT2D eigenvalue weighted by Gasteiger charge is -2.42.